The molecule has 0 unspecified atom stereocenters. The van der Waals surface area contributed by atoms with E-state index in [0.717, 1.165) is 53.5 Å². The van der Waals surface area contributed by atoms with Crippen molar-refractivity contribution in [2.75, 3.05) is 29.1 Å². The number of alkyl halides is 3. The molecule has 3 aromatic rings. The smallest absolute Gasteiger partial charge is 0.416 e. The molecule has 1 aliphatic heterocycles. The third-order valence-corrected chi connectivity index (χ3v) is 6.46. The molecule has 3 N–H and O–H groups in total. The number of nitrogens with one attached hydrogen (secondary N) is 3. The number of amidine groups is 1. The second kappa shape index (κ2) is 9.53. The van der Waals surface area contributed by atoms with Crippen LogP contribution in [0.15, 0.2) is 29.3 Å². The maximum absolute atomic E-state index is 13.6. The number of carbonyl (C=O) groups excluding carboxylic acids is 1. The van der Waals surface area contributed by atoms with Crippen molar-refractivity contribution in [1.82, 2.24) is 9.97 Å². The van der Waals surface area contributed by atoms with Gasteiger partial charge in [-0.2, -0.15) is 13.2 Å². The van der Waals surface area contributed by atoms with Gasteiger partial charge in [-0.05, 0) is 74.1 Å². The minimum Gasteiger partial charge on any atom is -0.463 e. The fourth-order valence-corrected chi connectivity index (χ4v) is 4.86. The lowest BCUT2D eigenvalue weighted by atomic mass is 10.0. The quantitative estimate of drug-likeness (QED) is 0.425. The maximum atomic E-state index is 13.6. The predicted octanol–water partition coefficient (Wildman–Crippen LogP) is 5.38. The lowest BCUT2D eigenvalue weighted by Gasteiger charge is -2.21. The molecule has 1 aliphatic carbocycles. The number of hydrogen-bond donors (Lipinski definition) is 3. The van der Waals surface area contributed by atoms with Crippen molar-refractivity contribution in [2.24, 2.45) is 4.99 Å². The Morgan fingerprint density at radius 1 is 1.11 bits per heavy atom. The number of halogens is 3. The Hall–Kier alpha value is -3.89. The number of aromatic nitrogens is 2. The standard InChI is InChI=1S/C26H27F3N6O2/c1-13(16-9-17(26(27,28)29)11-18(10-16)34-15(3)36)31-24-21-12-22(35-25-30-7-8-37-25)19-5-4-6-20(19)23(21)32-14(2)33-24/h9-13H,4-8H2,1-3H3,(H,30,35)(H,34,36)(H,31,32,33)/t13-/m1/s1. The van der Waals surface area contributed by atoms with E-state index < -0.39 is 23.7 Å². The Balaban J connectivity index is 1.56. The van der Waals surface area contributed by atoms with Gasteiger partial charge in [-0.3, -0.25) is 4.79 Å². The Morgan fingerprint density at radius 2 is 1.89 bits per heavy atom. The van der Waals surface area contributed by atoms with Gasteiger partial charge in [0, 0.05) is 23.7 Å². The van der Waals surface area contributed by atoms with Gasteiger partial charge in [0.25, 0.3) is 6.02 Å². The number of fused-ring (bicyclic) bond motifs is 3. The molecule has 0 saturated carbocycles. The van der Waals surface area contributed by atoms with Crippen LogP contribution < -0.4 is 16.0 Å². The van der Waals surface area contributed by atoms with Gasteiger partial charge in [0.2, 0.25) is 5.91 Å². The monoisotopic (exact) mass is 512 g/mol. The summed E-state index contributed by atoms with van der Waals surface area (Å²) in [6, 6.07) is 5.41. The molecule has 0 fully saturated rings. The Kier molecular flexibility index (Phi) is 6.38. The Bertz CT molecular complexity index is 1420. The summed E-state index contributed by atoms with van der Waals surface area (Å²) >= 11 is 0. The molecule has 1 aromatic heterocycles. The molecule has 5 rings (SSSR count). The van der Waals surface area contributed by atoms with Crippen LogP contribution in [0.25, 0.3) is 10.9 Å². The first-order chi connectivity index (χ1) is 17.6. The summed E-state index contributed by atoms with van der Waals surface area (Å²) in [5, 5.41) is 9.80. The molecule has 194 valence electrons. The van der Waals surface area contributed by atoms with E-state index in [1.54, 1.807) is 13.8 Å². The number of anilines is 3. The normalized spacial score (nSPS) is 15.7. The highest BCUT2D eigenvalue weighted by Gasteiger charge is 2.32. The third kappa shape index (κ3) is 5.16. The van der Waals surface area contributed by atoms with Gasteiger partial charge >= 0.3 is 6.18 Å². The molecule has 11 heteroatoms. The fraction of sp³-hybridized carbons (Fsp3) is 0.385. The van der Waals surface area contributed by atoms with Crippen LogP contribution in [0.4, 0.5) is 30.4 Å². The SMILES string of the molecule is CC(=O)Nc1cc([C@@H](C)Nc2nc(C)nc3c4c(c(NC5=NCCO5)cc23)CCC4)cc(C(F)(F)F)c1. The Morgan fingerprint density at radius 3 is 2.59 bits per heavy atom. The maximum Gasteiger partial charge on any atom is 0.416 e. The second-order valence-electron chi connectivity index (χ2n) is 9.30. The van der Waals surface area contributed by atoms with E-state index in [1.165, 1.54) is 18.6 Å². The minimum atomic E-state index is -4.56. The van der Waals surface area contributed by atoms with Crippen LogP contribution in [-0.2, 0) is 28.5 Å². The van der Waals surface area contributed by atoms with Crippen molar-refractivity contribution in [3.05, 3.63) is 52.3 Å². The summed E-state index contributed by atoms with van der Waals surface area (Å²) in [6.07, 6.45) is -1.80. The van der Waals surface area contributed by atoms with Crippen molar-refractivity contribution >= 4 is 40.0 Å². The number of aliphatic imine (C=N–C) groups is 1. The van der Waals surface area contributed by atoms with Crippen LogP contribution in [0.1, 0.15) is 54.4 Å². The molecule has 2 aliphatic rings. The minimum absolute atomic E-state index is 0.0799. The summed E-state index contributed by atoms with van der Waals surface area (Å²) in [6.45, 7) is 5.93. The van der Waals surface area contributed by atoms with Crippen LogP contribution in [-0.4, -0.2) is 35.0 Å². The van der Waals surface area contributed by atoms with E-state index in [0.29, 0.717) is 36.4 Å². The molecular weight excluding hydrogens is 485 g/mol. The van der Waals surface area contributed by atoms with Gasteiger partial charge in [0.05, 0.1) is 23.7 Å². The summed E-state index contributed by atoms with van der Waals surface area (Å²) < 4.78 is 46.3. The first-order valence-corrected chi connectivity index (χ1v) is 12.1. The lowest BCUT2D eigenvalue weighted by molar-refractivity contribution is -0.137. The molecule has 1 amide bonds. The zero-order valence-electron chi connectivity index (χ0n) is 20.7. The molecule has 0 bridgehead atoms. The van der Waals surface area contributed by atoms with E-state index in [2.05, 4.69) is 25.9 Å². The highest BCUT2D eigenvalue weighted by molar-refractivity contribution is 6.00. The van der Waals surface area contributed by atoms with E-state index in [9.17, 15) is 18.0 Å². The number of aryl methyl sites for hydroxylation is 2. The molecule has 2 heterocycles. The van der Waals surface area contributed by atoms with Crippen LogP contribution in [0.2, 0.25) is 0 Å². The molecule has 2 aromatic carbocycles. The number of hydrogen-bond acceptors (Lipinski definition) is 7. The third-order valence-electron chi connectivity index (χ3n) is 6.46. The first kappa shape index (κ1) is 24.8. The van der Waals surface area contributed by atoms with Gasteiger partial charge < -0.3 is 20.7 Å². The number of rotatable bonds is 5. The molecule has 8 nitrogen and oxygen atoms in total. The number of nitrogens with zero attached hydrogens (tertiary/aromatic N) is 3. The van der Waals surface area contributed by atoms with E-state index in [-0.39, 0.29) is 5.69 Å². The van der Waals surface area contributed by atoms with E-state index in [4.69, 9.17) is 9.72 Å². The Labute approximate surface area is 211 Å². The topological polar surface area (TPSA) is 101 Å². The van der Waals surface area contributed by atoms with Crippen LogP contribution >= 0.6 is 0 Å². The van der Waals surface area contributed by atoms with Gasteiger partial charge in [-0.1, -0.05) is 0 Å². The van der Waals surface area contributed by atoms with Gasteiger partial charge in [-0.15, -0.1) is 0 Å². The van der Waals surface area contributed by atoms with Gasteiger partial charge in [0.15, 0.2) is 0 Å². The number of carbonyl (C=O) groups is 1. The average molecular weight is 513 g/mol. The zero-order chi connectivity index (χ0) is 26.3. The van der Waals surface area contributed by atoms with Crippen molar-refractivity contribution in [3.63, 3.8) is 0 Å². The van der Waals surface area contributed by atoms with E-state index in [1.807, 2.05) is 6.07 Å². The van der Waals surface area contributed by atoms with Crippen molar-refractivity contribution in [1.29, 1.82) is 0 Å². The summed E-state index contributed by atoms with van der Waals surface area (Å²) in [4.78, 5) is 25.2. The predicted molar refractivity (Wildman–Crippen MR) is 136 cm³/mol. The van der Waals surface area contributed by atoms with Gasteiger partial charge in [-0.25, -0.2) is 15.0 Å². The summed E-state index contributed by atoms with van der Waals surface area (Å²) in [5.41, 5.74) is 3.60. The highest BCUT2D eigenvalue weighted by Crippen LogP contribution is 2.39. The van der Waals surface area contributed by atoms with Crippen molar-refractivity contribution in [3.8, 4) is 0 Å². The molecule has 37 heavy (non-hydrogen) atoms. The molecule has 0 spiro atoms. The highest BCUT2D eigenvalue weighted by atomic mass is 19.4. The van der Waals surface area contributed by atoms with Crippen LogP contribution in [0, 0.1) is 6.92 Å². The van der Waals surface area contributed by atoms with Gasteiger partial charge in [0.1, 0.15) is 18.2 Å². The van der Waals surface area contributed by atoms with Crippen molar-refractivity contribution < 1.29 is 22.7 Å². The van der Waals surface area contributed by atoms with Crippen LogP contribution in [0.3, 0.4) is 0 Å². The first-order valence-electron chi connectivity index (χ1n) is 12.1. The van der Waals surface area contributed by atoms with Crippen molar-refractivity contribution in [2.45, 2.75) is 52.3 Å². The summed E-state index contributed by atoms with van der Waals surface area (Å²) in [5.74, 6) is 0.622. The molecule has 1 atom stereocenters. The molecule has 0 saturated heterocycles. The zero-order valence-corrected chi connectivity index (χ0v) is 20.7. The number of amides is 1. The van der Waals surface area contributed by atoms with E-state index >= 15 is 0 Å². The number of benzene rings is 2. The fourth-order valence-electron chi connectivity index (χ4n) is 4.86. The molecule has 0 radical (unpaired) electrons. The average Bonchev–Trinajstić information content (AvgIpc) is 3.51. The molecular formula is C26H27F3N6O2. The largest absolute Gasteiger partial charge is 0.463 e. The second-order valence-corrected chi connectivity index (χ2v) is 9.30. The van der Waals surface area contributed by atoms with Crippen LogP contribution in [0.5, 0.6) is 0 Å². The number of ether oxygens (including phenoxy) is 1. The lowest BCUT2D eigenvalue weighted by Crippen LogP contribution is -2.15. The summed E-state index contributed by atoms with van der Waals surface area (Å²) in [7, 11) is 0.